The van der Waals surface area contributed by atoms with Crippen molar-refractivity contribution in [2.24, 2.45) is 0 Å². The Labute approximate surface area is 192 Å². The highest BCUT2D eigenvalue weighted by molar-refractivity contribution is 7.99. The third-order valence-corrected chi connectivity index (χ3v) is 6.43. The highest BCUT2D eigenvalue weighted by Gasteiger charge is 2.20. The number of carbonyl (C=O) groups is 1. The lowest BCUT2D eigenvalue weighted by atomic mass is 10.2. The second-order valence-electron chi connectivity index (χ2n) is 7.42. The van der Waals surface area contributed by atoms with Crippen molar-refractivity contribution in [3.63, 3.8) is 0 Å². The van der Waals surface area contributed by atoms with E-state index >= 15 is 0 Å². The minimum atomic E-state index is 0.0785. The van der Waals surface area contributed by atoms with Crippen LogP contribution in [0.3, 0.4) is 0 Å². The summed E-state index contributed by atoms with van der Waals surface area (Å²) in [6.45, 7) is 6.75. The first-order chi connectivity index (χ1) is 15.5. The zero-order chi connectivity index (χ0) is 22.7. The highest BCUT2D eigenvalue weighted by atomic mass is 32.2. The minimum absolute atomic E-state index is 0.0785. The van der Waals surface area contributed by atoms with Crippen molar-refractivity contribution >= 4 is 17.5 Å². The maximum atomic E-state index is 13.1. The Kier molecular flexibility index (Phi) is 6.46. The lowest BCUT2D eigenvalue weighted by molar-refractivity contribution is 0.102. The molecule has 4 aromatic rings. The number of hydrogen-bond donors (Lipinski definition) is 0. The molecule has 0 aliphatic rings. The van der Waals surface area contributed by atoms with Crippen molar-refractivity contribution in [1.29, 1.82) is 0 Å². The number of aromatic nitrogens is 4. The fourth-order valence-electron chi connectivity index (χ4n) is 3.94. The van der Waals surface area contributed by atoms with Gasteiger partial charge in [0.2, 0.25) is 0 Å². The van der Waals surface area contributed by atoms with Crippen LogP contribution in [0.15, 0.2) is 65.8 Å². The van der Waals surface area contributed by atoms with Gasteiger partial charge in [-0.2, -0.15) is 0 Å². The molecule has 0 radical (unpaired) electrons. The summed E-state index contributed by atoms with van der Waals surface area (Å²) in [5.74, 6) is 1.86. The number of nitrogens with zero attached hydrogens (tertiary/aromatic N) is 4. The molecule has 0 spiro atoms. The average molecular weight is 447 g/mol. The summed E-state index contributed by atoms with van der Waals surface area (Å²) >= 11 is 1.41. The van der Waals surface area contributed by atoms with Crippen LogP contribution >= 0.6 is 11.8 Å². The molecule has 0 amide bonds. The summed E-state index contributed by atoms with van der Waals surface area (Å²) < 4.78 is 9.62. The molecule has 4 rings (SSSR count). The van der Waals surface area contributed by atoms with Crippen LogP contribution in [0.25, 0.3) is 17.1 Å². The molecule has 0 atom stereocenters. The quantitative estimate of drug-likeness (QED) is 0.269. The number of ketones is 1. The molecule has 0 aliphatic carbocycles. The van der Waals surface area contributed by atoms with E-state index < -0.39 is 0 Å². The third-order valence-electron chi connectivity index (χ3n) is 5.46. The first kappa shape index (κ1) is 21.9. The standard InChI is InChI=1S/C25H26N4O2S/c1-5-28-24(20-13-9-10-14-23(20)31-4)26-27-25(28)32-16-22(30)21-15-17(2)29(18(21)3)19-11-7-6-8-12-19/h6-15H,5,16H2,1-4H3. The molecule has 2 aromatic heterocycles. The van der Waals surface area contributed by atoms with Crippen molar-refractivity contribution in [3.8, 4) is 22.8 Å². The molecular weight excluding hydrogens is 420 g/mol. The van der Waals surface area contributed by atoms with Crippen LogP contribution in [0.4, 0.5) is 0 Å². The summed E-state index contributed by atoms with van der Waals surface area (Å²) in [6.07, 6.45) is 0. The van der Waals surface area contributed by atoms with E-state index in [0.29, 0.717) is 12.3 Å². The normalized spacial score (nSPS) is 11.0. The Balaban J connectivity index is 1.56. The monoisotopic (exact) mass is 446 g/mol. The summed E-state index contributed by atoms with van der Waals surface area (Å²) in [6, 6.07) is 19.8. The smallest absolute Gasteiger partial charge is 0.191 e. The summed E-state index contributed by atoms with van der Waals surface area (Å²) in [7, 11) is 1.64. The topological polar surface area (TPSA) is 61.9 Å². The van der Waals surface area contributed by atoms with Gasteiger partial charge in [-0.1, -0.05) is 42.1 Å². The van der Waals surface area contributed by atoms with Gasteiger partial charge in [0, 0.05) is 29.2 Å². The van der Waals surface area contributed by atoms with Crippen molar-refractivity contribution in [3.05, 3.63) is 77.6 Å². The maximum Gasteiger partial charge on any atom is 0.191 e. The fraction of sp³-hybridized carbons (Fsp3) is 0.240. The van der Waals surface area contributed by atoms with Crippen molar-refractivity contribution in [1.82, 2.24) is 19.3 Å². The number of hydrogen-bond acceptors (Lipinski definition) is 5. The van der Waals surface area contributed by atoms with Gasteiger partial charge in [0.25, 0.3) is 0 Å². The van der Waals surface area contributed by atoms with Gasteiger partial charge < -0.3 is 13.9 Å². The average Bonchev–Trinajstić information content (AvgIpc) is 3.37. The lowest BCUT2D eigenvalue weighted by Crippen LogP contribution is -2.07. The molecular formula is C25H26N4O2S. The van der Waals surface area contributed by atoms with E-state index in [2.05, 4.69) is 14.8 Å². The third kappa shape index (κ3) is 4.08. The van der Waals surface area contributed by atoms with Crippen molar-refractivity contribution < 1.29 is 9.53 Å². The van der Waals surface area contributed by atoms with E-state index in [1.807, 2.05) is 86.0 Å². The summed E-state index contributed by atoms with van der Waals surface area (Å²) in [4.78, 5) is 13.1. The predicted octanol–water partition coefficient (Wildman–Crippen LogP) is 5.36. The van der Waals surface area contributed by atoms with Crippen LogP contribution in [0.5, 0.6) is 5.75 Å². The second kappa shape index (κ2) is 9.44. The van der Waals surface area contributed by atoms with Crippen LogP contribution in [-0.4, -0.2) is 38.0 Å². The van der Waals surface area contributed by atoms with E-state index in [0.717, 1.165) is 44.9 Å². The van der Waals surface area contributed by atoms with Crippen LogP contribution in [-0.2, 0) is 6.54 Å². The van der Waals surface area contributed by atoms with Crippen molar-refractivity contribution in [2.75, 3.05) is 12.9 Å². The Hall–Kier alpha value is -3.32. The van der Waals surface area contributed by atoms with Gasteiger partial charge in [-0.15, -0.1) is 10.2 Å². The Morgan fingerprint density at radius 2 is 1.75 bits per heavy atom. The van der Waals surface area contributed by atoms with Crippen molar-refractivity contribution in [2.45, 2.75) is 32.5 Å². The van der Waals surface area contributed by atoms with Gasteiger partial charge in [0.05, 0.1) is 18.4 Å². The first-order valence-corrected chi connectivity index (χ1v) is 11.5. The number of methoxy groups -OCH3 is 1. The number of thioether (sulfide) groups is 1. The zero-order valence-electron chi connectivity index (χ0n) is 18.7. The number of para-hydroxylation sites is 2. The van der Waals surface area contributed by atoms with Gasteiger partial charge in [0.15, 0.2) is 16.8 Å². The molecule has 6 nitrogen and oxygen atoms in total. The van der Waals surface area contributed by atoms with E-state index in [-0.39, 0.29) is 5.78 Å². The van der Waals surface area contributed by atoms with E-state index in [9.17, 15) is 4.79 Å². The van der Waals surface area contributed by atoms with Gasteiger partial charge in [-0.25, -0.2) is 0 Å². The molecule has 0 saturated heterocycles. The molecule has 0 aliphatic heterocycles. The predicted molar refractivity (Wildman–Crippen MR) is 128 cm³/mol. The Morgan fingerprint density at radius 3 is 2.47 bits per heavy atom. The molecule has 2 aromatic carbocycles. The summed E-state index contributed by atoms with van der Waals surface area (Å²) in [5.41, 5.74) is 4.67. The highest BCUT2D eigenvalue weighted by Crippen LogP contribution is 2.31. The number of Topliss-reactive ketones (excluding diaryl/α,β-unsaturated/α-hetero) is 1. The van der Waals surface area contributed by atoms with E-state index in [4.69, 9.17) is 4.74 Å². The molecule has 32 heavy (non-hydrogen) atoms. The number of ether oxygens (including phenoxy) is 1. The molecule has 0 fully saturated rings. The molecule has 0 unspecified atom stereocenters. The van der Waals surface area contributed by atoms with E-state index in [1.54, 1.807) is 7.11 Å². The SMILES string of the molecule is CCn1c(SCC(=O)c2cc(C)n(-c3ccccc3)c2C)nnc1-c1ccccc1OC. The van der Waals surface area contributed by atoms with Gasteiger partial charge >= 0.3 is 0 Å². The van der Waals surface area contributed by atoms with Gasteiger partial charge in [-0.05, 0) is 51.1 Å². The Bertz CT molecular complexity index is 1240. The van der Waals surface area contributed by atoms with E-state index in [1.165, 1.54) is 11.8 Å². The molecule has 7 heteroatoms. The van der Waals surface area contributed by atoms with Crippen LogP contribution in [0, 0.1) is 13.8 Å². The zero-order valence-corrected chi connectivity index (χ0v) is 19.5. The molecule has 0 bridgehead atoms. The number of aryl methyl sites for hydroxylation is 1. The summed E-state index contributed by atoms with van der Waals surface area (Å²) in [5, 5.41) is 9.47. The largest absolute Gasteiger partial charge is 0.496 e. The molecule has 2 heterocycles. The number of benzene rings is 2. The molecule has 0 N–H and O–H groups in total. The number of rotatable bonds is 8. The van der Waals surface area contributed by atoms with Gasteiger partial charge in [-0.3, -0.25) is 4.79 Å². The second-order valence-corrected chi connectivity index (χ2v) is 8.36. The maximum absolute atomic E-state index is 13.1. The number of carbonyl (C=O) groups excluding carboxylic acids is 1. The fourth-order valence-corrected chi connectivity index (χ4v) is 4.82. The van der Waals surface area contributed by atoms with Crippen LogP contribution < -0.4 is 4.74 Å². The minimum Gasteiger partial charge on any atom is -0.496 e. The van der Waals surface area contributed by atoms with Crippen LogP contribution in [0.2, 0.25) is 0 Å². The molecule has 0 saturated carbocycles. The molecule has 164 valence electrons. The Morgan fingerprint density at radius 1 is 1.03 bits per heavy atom. The first-order valence-electron chi connectivity index (χ1n) is 10.5. The lowest BCUT2D eigenvalue weighted by Gasteiger charge is -2.10. The van der Waals surface area contributed by atoms with Crippen LogP contribution in [0.1, 0.15) is 28.7 Å². The van der Waals surface area contributed by atoms with Gasteiger partial charge in [0.1, 0.15) is 5.75 Å².